The molecule has 114 valence electrons. The first-order chi connectivity index (χ1) is 9.81. The molecule has 2 N–H and O–H groups in total. The van der Waals surface area contributed by atoms with E-state index in [9.17, 15) is 0 Å². The summed E-state index contributed by atoms with van der Waals surface area (Å²) in [6, 6.07) is 0.586. The number of ether oxygens (including phenoxy) is 1. The van der Waals surface area contributed by atoms with Gasteiger partial charge in [-0.3, -0.25) is 4.99 Å². The molecule has 0 aromatic rings. The fraction of sp³-hybridized carbons (Fsp3) is 0.938. The van der Waals surface area contributed by atoms with Crippen molar-refractivity contribution in [3.05, 3.63) is 0 Å². The highest BCUT2D eigenvalue weighted by molar-refractivity contribution is 5.80. The Bertz CT molecular complexity index is 365. The minimum Gasteiger partial charge on any atom is -0.377 e. The zero-order chi connectivity index (χ0) is 14.0. The van der Waals surface area contributed by atoms with Crippen molar-refractivity contribution in [2.24, 2.45) is 16.3 Å². The van der Waals surface area contributed by atoms with Crippen molar-refractivity contribution in [1.29, 1.82) is 0 Å². The van der Waals surface area contributed by atoms with Gasteiger partial charge in [0.25, 0.3) is 0 Å². The smallest absolute Gasteiger partial charge is 0.191 e. The number of rotatable bonds is 5. The van der Waals surface area contributed by atoms with Crippen LogP contribution in [0.2, 0.25) is 0 Å². The van der Waals surface area contributed by atoms with E-state index >= 15 is 0 Å². The van der Waals surface area contributed by atoms with Crippen molar-refractivity contribution in [3.8, 4) is 0 Å². The Balaban J connectivity index is 1.63. The van der Waals surface area contributed by atoms with Gasteiger partial charge in [0.05, 0.1) is 6.10 Å². The summed E-state index contributed by atoms with van der Waals surface area (Å²) < 4.78 is 5.98. The molecular weight excluding hydrogens is 250 g/mol. The molecule has 0 radical (unpaired) electrons. The topological polar surface area (TPSA) is 45.7 Å². The van der Waals surface area contributed by atoms with Gasteiger partial charge >= 0.3 is 0 Å². The van der Waals surface area contributed by atoms with E-state index in [1.54, 1.807) is 0 Å². The Kier molecular flexibility index (Phi) is 4.20. The maximum absolute atomic E-state index is 5.98. The highest BCUT2D eigenvalue weighted by atomic mass is 16.5. The lowest BCUT2D eigenvalue weighted by molar-refractivity contribution is -0.171. The van der Waals surface area contributed by atoms with E-state index in [-0.39, 0.29) is 0 Å². The monoisotopic (exact) mass is 279 g/mol. The summed E-state index contributed by atoms with van der Waals surface area (Å²) in [5.74, 6) is 1.73. The molecule has 1 saturated heterocycles. The molecule has 4 nitrogen and oxygen atoms in total. The maximum atomic E-state index is 5.98. The molecule has 20 heavy (non-hydrogen) atoms. The van der Waals surface area contributed by atoms with Crippen LogP contribution >= 0.6 is 0 Å². The first-order valence-electron chi connectivity index (χ1n) is 8.48. The van der Waals surface area contributed by atoms with Gasteiger partial charge in [0.15, 0.2) is 5.96 Å². The summed E-state index contributed by atoms with van der Waals surface area (Å²) in [5.41, 5.74) is 0.433. The molecule has 1 heterocycles. The summed E-state index contributed by atoms with van der Waals surface area (Å²) in [4.78, 5) is 4.72. The molecule has 3 fully saturated rings. The molecule has 4 heteroatoms. The second-order valence-corrected chi connectivity index (χ2v) is 6.57. The van der Waals surface area contributed by atoms with Gasteiger partial charge < -0.3 is 15.4 Å². The minimum absolute atomic E-state index is 0.433. The number of unbranched alkanes of at least 4 members (excludes halogenated alkanes) is 1. The van der Waals surface area contributed by atoms with Crippen LogP contribution in [0.5, 0.6) is 0 Å². The second kappa shape index (κ2) is 5.92. The van der Waals surface area contributed by atoms with Crippen molar-refractivity contribution < 1.29 is 4.74 Å². The number of nitrogens with zero attached hydrogens (tertiary/aromatic N) is 1. The van der Waals surface area contributed by atoms with E-state index in [0.717, 1.165) is 25.7 Å². The van der Waals surface area contributed by atoms with Gasteiger partial charge in [-0.2, -0.15) is 0 Å². The minimum atomic E-state index is 0.433. The lowest BCUT2D eigenvalue weighted by Crippen LogP contribution is -2.72. The molecule has 0 aromatic carbocycles. The number of hydrogen-bond acceptors (Lipinski definition) is 2. The molecule has 0 aromatic heterocycles. The Labute approximate surface area is 122 Å². The lowest BCUT2D eigenvalue weighted by Gasteiger charge is -2.63. The van der Waals surface area contributed by atoms with Crippen LogP contribution in [-0.4, -0.2) is 37.8 Å². The van der Waals surface area contributed by atoms with Crippen LogP contribution in [0.15, 0.2) is 4.99 Å². The SMILES string of the molecule is CCCCN=C(NCC)NC1C2CCOC2C12CCC2. The van der Waals surface area contributed by atoms with Crippen molar-refractivity contribution in [3.63, 3.8) is 0 Å². The number of fused-ring (bicyclic) bond motifs is 2. The van der Waals surface area contributed by atoms with Crippen LogP contribution in [0, 0.1) is 11.3 Å². The van der Waals surface area contributed by atoms with Crippen molar-refractivity contribution >= 4 is 5.96 Å². The summed E-state index contributed by atoms with van der Waals surface area (Å²) in [5, 5.41) is 7.14. The molecule has 3 atom stereocenters. The number of hydrogen-bond donors (Lipinski definition) is 2. The average Bonchev–Trinajstić information content (AvgIpc) is 2.79. The fourth-order valence-electron chi connectivity index (χ4n) is 4.27. The molecular formula is C16H29N3O. The third-order valence-corrected chi connectivity index (χ3v) is 5.45. The Morgan fingerprint density at radius 3 is 2.85 bits per heavy atom. The Hall–Kier alpha value is -0.770. The second-order valence-electron chi connectivity index (χ2n) is 6.57. The first kappa shape index (κ1) is 14.2. The van der Waals surface area contributed by atoms with Gasteiger partial charge in [-0.1, -0.05) is 19.8 Å². The van der Waals surface area contributed by atoms with Gasteiger partial charge in [0, 0.05) is 37.1 Å². The Morgan fingerprint density at radius 1 is 1.35 bits per heavy atom. The largest absolute Gasteiger partial charge is 0.377 e. The van der Waals surface area contributed by atoms with Gasteiger partial charge in [-0.25, -0.2) is 0 Å². The quantitative estimate of drug-likeness (QED) is 0.461. The molecule has 3 rings (SSSR count). The molecule has 3 unspecified atom stereocenters. The standard InChI is InChI=1S/C16H29N3O/c1-3-5-10-18-15(17-4-2)19-13-12-7-11-20-14(12)16(13)8-6-9-16/h12-14H,3-11H2,1-2H3,(H2,17,18,19). The first-order valence-corrected chi connectivity index (χ1v) is 8.48. The highest BCUT2D eigenvalue weighted by Crippen LogP contribution is 2.62. The van der Waals surface area contributed by atoms with E-state index < -0.39 is 0 Å². The zero-order valence-corrected chi connectivity index (χ0v) is 13.0. The van der Waals surface area contributed by atoms with Gasteiger partial charge in [0.2, 0.25) is 0 Å². The summed E-state index contributed by atoms with van der Waals surface area (Å²) >= 11 is 0. The third-order valence-electron chi connectivity index (χ3n) is 5.45. The van der Waals surface area contributed by atoms with E-state index in [1.165, 1.54) is 38.5 Å². The van der Waals surface area contributed by atoms with Gasteiger partial charge in [0.1, 0.15) is 0 Å². The molecule has 2 aliphatic carbocycles. The molecule has 1 aliphatic heterocycles. The van der Waals surface area contributed by atoms with Gasteiger partial charge in [-0.05, 0) is 32.6 Å². The van der Waals surface area contributed by atoms with Crippen molar-refractivity contribution in [2.45, 2.75) is 64.5 Å². The predicted octanol–water partition coefficient (Wildman–Crippen LogP) is 2.30. The maximum Gasteiger partial charge on any atom is 0.191 e. The summed E-state index contributed by atoms with van der Waals surface area (Å²) in [6.07, 6.45) is 8.16. The van der Waals surface area contributed by atoms with Crippen LogP contribution in [0.4, 0.5) is 0 Å². The number of nitrogens with one attached hydrogen (secondary N) is 2. The average molecular weight is 279 g/mol. The van der Waals surface area contributed by atoms with Crippen LogP contribution in [0.1, 0.15) is 52.4 Å². The fourth-order valence-corrected chi connectivity index (χ4v) is 4.27. The number of aliphatic imine (C=N–C) groups is 1. The van der Waals surface area contributed by atoms with Crippen molar-refractivity contribution in [1.82, 2.24) is 10.6 Å². The third kappa shape index (κ3) is 2.22. The van der Waals surface area contributed by atoms with E-state index in [0.29, 0.717) is 23.5 Å². The predicted molar refractivity (Wildman–Crippen MR) is 81.9 cm³/mol. The highest BCUT2D eigenvalue weighted by Gasteiger charge is 2.66. The van der Waals surface area contributed by atoms with E-state index in [4.69, 9.17) is 9.73 Å². The number of guanidine groups is 1. The van der Waals surface area contributed by atoms with Gasteiger partial charge in [-0.15, -0.1) is 0 Å². The normalized spacial score (nSPS) is 34.3. The Morgan fingerprint density at radius 2 is 2.20 bits per heavy atom. The molecule has 3 aliphatic rings. The van der Waals surface area contributed by atoms with Crippen LogP contribution in [-0.2, 0) is 4.74 Å². The summed E-state index contributed by atoms with van der Waals surface area (Å²) in [7, 11) is 0. The molecule has 0 amide bonds. The molecule has 1 spiro atoms. The summed E-state index contributed by atoms with van der Waals surface area (Å²) in [6.45, 7) is 7.17. The zero-order valence-electron chi connectivity index (χ0n) is 13.0. The van der Waals surface area contributed by atoms with E-state index in [1.807, 2.05) is 0 Å². The molecule has 0 bridgehead atoms. The molecule has 2 saturated carbocycles. The lowest BCUT2D eigenvalue weighted by atomic mass is 9.46. The van der Waals surface area contributed by atoms with Crippen molar-refractivity contribution in [2.75, 3.05) is 19.7 Å². The van der Waals surface area contributed by atoms with Crippen LogP contribution in [0.3, 0.4) is 0 Å². The van der Waals surface area contributed by atoms with Crippen LogP contribution < -0.4 is 10.6 Å². The van der Waals surface area contributed by atoms with Crippen LogP contribution in [0.25, 0.3) is 0 Å². The van der Waals surface area contributed by atoms with E-state index in [2.05, 4.69) is 24.5 Å².